The molecule has 0 aromatic carbocycles. The van der Waals surface area contributed by atoms with Crippen molar-refractivity contribution < 1.29 is 22.7 Å². The molecule has 0 fully saturated rings. The van der Waals surface area contributed by atoms with Crippen LogP contribution in [0.5, 0.6) is 0 Å². The lowest BCUT2D eigenvalue weighted by atomic mass is 10.0. The Morgan fingerprint density at radius 1 is 1.28 bits per heavy atom. The monoisotopic (exact) mass is 557 g/mol. The first-order chi connectivity index (χ1) is 18.6. The van der Waals surface area contributed by atoms with Crippen molar-refractivity contribution in [1.82, 2.24) is 19.2 Å². The molecule has 12 nitrogen and oxygen atoms in total. The summed E-state index contributed by atoms with van der Waals surface area (Å²) in [6, 6.07) is 5.11. The van der Waals surface area contributed by atoms with Gasteiger partial charge in [-0.3, -0.25) is 15.0 Å². The number of aryl methyl sites for hydroxylation is 2. The molecular formula is C26H35N7O5S. The fourth-order valence-electron chi connectivity index (χ4n) is 4.30. The zero-order valence-electron chi connectivity index (χ0n) is 22.8. The van der Waals surface area contributed by atoms with Gasteiger partial charge in [0.15, 0.2) is 6.29 Å². The number of carbonyl (C=O) groups excluding carboxylic acids is 2. The zero-order chi connectivity index (χ0) is 28.6. The Balaban J connectivity index is 1.85. The number of carbonyl (C=O) groups is 2. The van der Waals surface area contributed by atoms with Crippen LogP contribution >= 0.6 is 0 Å². The number of fused-ring (bicyclic) bond motifs is 1. The molecule has 0 saturated heterocycles. The second-order valence-corrected chi connectivity index (χ2v) is 11.6. The molecule has 13 heteroatoms. The molecule has 2 aromatic heterocycles. The summed E-state index contributed by atoms with van der Waals surface area (Å²) in [5.74, 6) is 0.660. The lowest BCUT2D eigenvalue weighted by Crippen LogP contribution is -2.40. The molecule has 3 heterocycles. The highest BCUT2D eigenvalue weighted by molar-refractivity contribution is 7.88. The number of methoxy groups -OCH3 is 1. The molecule has 0 aliphatic carbocycles. The lowest BCUT2D eigenvalue weighted by molar-refractivity contribution is 0.111. The van der Waals surface area contributed by atoms with Crippen molar-refractivity contribution in [3.05, 3.63) is 46.3 Å². The van der Waals surface area contributed by atoms with E-state index in [2.05, 4.69) is 21.4 Å². The summed E-state index contributed by atoms with van der Waals surface area (Å²) in [5.41, 5.74) is 2.53. The van der Waals surface area contributed by atoms with Gasteiger partial charge < -0.3 is 9.64 Å². The van der Waals surface area contributed by atoms with E-state index in [0.29, 0.717) is 74.4 Å². The Labute approximate surface area is 229 Å². The van der Waals surface area contributed by atoms with E-state index in [9.17, 15) is 23.3 Å². The molecule has 0 unspecified atom stereocenters. The number of nitrogens with one attached hydrogen (secondary N) is 1. The number of likely N-dealkylation sites (N-methyl/N-ethyl adjacent to an activating group) is 1. The highest BCUT2D eigenvalue weighted by Crippen LogP contribution is 2.29. The third kappa shape index (κ3) is 8.03. The quantitative estimate of drug-likeness (QED) is 0.306. The average molecular weight is 558 g/mol. The molecule has 0 radical (unpaired) electrons. The molecule has 1 N–H and O–H groups in total. The summed E-state index contributed by atoms with van der Waals surface area (Å²) in [6.45, 7) is 1.73. The van der Waals surface area contributed by atoms with Crippen LogP contribution in [-0.2, 0) is 34.1 Å². The predicted molar refractivity (Wildman–Crippen MR) is 147 cm³/mol. The van der Waals surface area contributed by atoms with Gasteiger partial charge in [-0.25, -0.2) is 23.2 Å². The summed E-state index contributed by atoms with van der Waals surface area (Å²) in [7, 11) is 1.79. The second kappa shape index (κ2) is 13.6. The summed E-state index contributed by atoms with van der Waals surface area (Å²) >= 11 is 0. The topological polar surface area (TPSA) is 149 Å². The maximum Gasteiger partial charge on any atom is 0.328 e. The van der Waals surface area contributed by atoms with Crippen molar-refractivity contribution in [1.29, 1.82) is 5.26 Å². The van der Waals surface area contributed by atoms with Gasteiger partial charge in [0.2, 0.25) is 10.0 Å². The van der Waals surface area contributed by atoms with Crippen LogP contribution in [0.2, 0.25) is 0 Å². The van der Waals surface area contributed by atoms with Crippen LogP contribution in [0.4, 0.5) is 16.4 Å². The number of rotatable bonds is 12. The van der Waals surface area contributed by atoms with Crippen LogP contribution in [0, 0.1) is 11.3 Å². The van der Waals surface area contributed by atoms with Crippen LogP contribution in [0.15, 0.2) is 18.3 Å². The van der Waals surface area contributed by atoms with Crippen molar-refractivity contribution in [3.63, 3.8) is 0 Å². The van der Waals surface area contributed by atoms with Gasteiger partial charge in [-0.15, -0.1) is 0 Å². The number of nitriles is 1. The molecule has 0 atom stereocenters. The number of hydrogen-bond acceptors (Lipinski definition) is 9. The number of urea groups is 1. The number of ether oxygens (including phenoxy) is 1. The SMILES string of the molecule is COCCCc1cc(NC(=O)N2CCCc3cc(CN(CCN(C)C)S(C)(=O)=O)c(C=O)nc32)ncc1C#N. The molecule has 0 spiro atoms. The minimum atomic E-state index is -3.53. The van der Waals surface area contributed by atoms with Gasteiger partial charge in [0.25, 0.3) is 0 Å². The number of aromatic nitrogens is 2. The van der Waals surface area contributed by atoms with E-state index in [1.807, 2.05) is 19.0 Å². The van der Waals surface area contributed by atoms with Crippen LogP contribution in [0.1, 0.15) is 45.6 Å². The van der Waals surface area contributed by atoms with E-state index >= 15 is 0 Å². The van der Waals surface area contributed by atoms with Gasteiger partial charge in [-0.05, 0) is 68.6 Å². The third-order valence-electron chi connectivity index (χ3n) is 6.38. The Bertz CT molecular complexity index is 1340. The normalized spacial score (nSPS) is 13.3. The highest BCUT2D eigenvalue weighted by atomic mass is 32.2. The fraction of sp³-hybridized carbons (Fsp3) is 0.500. The average Bonchev–Trinajstić information content (AvgIpc) is 2.89. The van der Waals surface area contributed by atoms with E-state index in [1.54, 1.807) is 19.2 Å². The molecule has 1 aliphatic rings. The number of aldehydes is 1. The van der Waals surface area contributed by atoms with Gasteiger partial charge in [-0.2, -0.15) is 9.57 Å². The van der Waals surface area contributed by atoms with E-state index in [1.165, 1.54) is 15.4 Å². The summed E-state index contributed by atoms with van der Waals surface area (Å²) in [5, 5.41) is 12.2. The van der Waals surface area contributed by atoms with Crippen LogP contribution in [0.25, 0.3) is 0 Å². The van der Waals surface area contributed by atoms with Crippen molar-refractivity contribution in [2.24, 2.45) is 0 Å². The number of pyridine rings is 2. The highest BCUT2D eigenvalue weighted by Gasteiger charge is 2.27. The number of amides is 2. The Morgan fingerprint density at radius 2 is 2.05 bits per heavy atom. The van der Waals surface area contributed by atoms with Gasteiger partial charge in [0, 0.05) is 46.1 Å². The summed E-state index contributed by atoms with van der Waals surface area (Å²) < 4.78 is 31.2. The van der Waals surface area contributed by atoms with Gasteiger partial charge in [0.1, 0.15) is 23.4 Å². The smallest absolute Gasteiger partial charge is 0.328 e. The van der Waals surface area contributed by atoms with E-state index in [-0.39, 0.29) is 18.8 Å². The minimum absolute atomic E-state index is 0.00817. The van der Waals surface area contributed by atoms with E-state index < -0.39 is 16.1 Å². The van der Waals surface area contributed by atoms with E-state index in [0.717, 1.165) is 17.4 Å². The summed E-state index contributed by atoms with van der Waals surface area (Å²) in [4.78, 5) is 37.3. The Hall–Kier alpha value is -3.44. The lowest BCUT2D eigenvalue weighted by Gasteiger charge is -2.30. The van der Waals surface area contributed by atoms with Crippen molar-refractivity contribution in [3.8, 4) is 6.07 Å². The van der Waals surface area contributed by atoms with Gasteiger partial charge >= 0.3 is 6.03 Å². The van der Waals surface area contributed by atoms with Crippen LogP contribution in [0.3, 0.4) is 0 Å². The molecule has 2 aromatic rings. The molecule has 2 amide bonds. The van der Waals surface area contributed by atoms with Crippen molar-refractivity contribution >= 4 is 34.0 Å². The molecule has 1 aliphatic heterocycles. The first kappa shape index (κ1) is 30.1. The molecule has 0 saturated carbocycles. The number of anilines is 2. The standard InChI is InChI=1S/C26H35N7O5S/c1-31(2)10-11-32(39(4,36)37)17-21-13-20-7-5-9-33(25(20)29-23(21)18-34)26(35)30-24-14-19(8-6-12-38-3)22(15-27)16-28-24/h13-14,16,18H,5-12,17H2,1-4H3,(H,28,30,35). The maximum atomic E-state index is 13.3. The van der Waals surface area contributed by atoms with E-state index in [4.69, 9.17) is 4.74 Å². The second-order valence-electron chi connectivity index (χ2n) is 9.65. The predicted octanol–water partition coefficient (Wildman–Crippen LogP) is 2.05. The number of sulfonamides is 1. The molecule has 210 valence electrons. The Morgan fingerprint density at radius 3 is 2.69 bits per heavy atom. The molecule has 39 heavy (non-hydrogen) atoms. The zero-order valence-corrected chi connectivity index (χ0v) is 23.6. The first-order valence-electron chi connectivity index (χ1n) is 12.6. The maximum absolute atomic E-state index is 13.3. The molecular weight excluding hydrogens is 522 g/mol. The largest absolute Gasteiger partial charge is 0.385 e. The minimum Gasteiger partial charge on any atom is -0.385 e. The number of nitrogens with zero attached hydrogens (tertiary/aromatic N) is 6. The van der Waals surface area contributed by atoms with Crippen molar-refractivity contribution in [2.75, 3.05) is 63.9 Å². The third-order valence-corrected chi connectivity index (χ3v) is 7.63. The van der Waals surface area contributed by atoms with Gasteiger partial charge in [-0.1, -0.05) is 0 Å². The van der Waals surface area contributed by atoms with Crippen LogP contribution < -0.4 is 10.2 Å². The summed E-state index contributed by atoms with van der Waals surface area (Å²) in [6.07, 6.45) is 5.77. The van der Waals surface area contributed by atoms with Crippen LogP contribution in [-0.4, -0.2) is 93.6 Å². The Kier molecular flexibility index (Phi) is 10.5. The fourth-order valence-corrected chi connectivity index (χ4v) is 5.09. The number of hydrogen-bond donors (Lipinski definition) is 1. The molecule has 0 bridgehead atoms. The van der Waals surface area contributed by atoms with Crippen molar-refractivity contribution in [2.45, 2.75) is 32.2 Å². The van der Waals surface area contributed by atoms with Gasteiger partial charge in [0.05, 0.1) is 11.8 Å². The first-order valence-corrected chi connectivity index (χ1v) is 14.5. The molecule has 3 rings (SSSR count).